The van der Waals surface area contributed by atoms with Crippen LogP contribution in [0.15, 0.2) is 59.5 Å². The molecule has 178 valence electrons. The molecule has 0 aliphatic carbocycles. The summed E-state index contributed by atoms with van der Waals surface area (Å²) in [5, 5.41) is 2.96. The topological polar surface area (TPSA) is 73.0 Å². The highest BCUT2D eigenvalue weighted by atomic mass is 32.2. The first-order valence-electron chi connectivity index (χ1n) is 11.9. The average Bonchev–Trinajstić information content (AvgIpc) is 3.15. The molecule has 0 radical (unpaired) electrons. The van der Waals surface area contributed by atoms with Crippen LogP contribution in [0.4, 0.5) is 5.69 Å². The van der Waals surface area contributed by atoms with Crippen LogP contribution in [0.25, 0.3) is 0 Å². The van der Waals surface area contributed by atoms with Crippen LogP contribution in [0.5, 0.6) is 0 Å². The molecule has 33 heavy (non-hydrogen) atoms. The number of amides is 1. The number of carbonyl (C=O) groups is 1. The number of rotatable bonds is 7. The predicted octanol–water partition coefficient (Wildman–Crippen LogP) is 2.80. The monoisotopic (exact) mass is 470 g/mol. The molecule has 7 nitrogen and oxygen atoms in total. The lowest BCUT2D eigenvalue weighted by atomic mass is 10.2. The van der Waals surface area contributed by atoms with Crippen molar-refractivity contribution in [3.05, 3.63) is 60.2 Å². The Morgan fingerprint density at radius 2 is 1.42 bits per heavy atom. The Balaban J connectivity index is 1.23. The highest BCUT2D eigenvalue weighted by molar-refractivity contribution is 7.89. The highest BCUT2D eigenvalue weighted by Crippen LogP contribution is 2.21. The standard InChI is InChI=1S/C25H34N4O3S/c30-25(26-14-17-27-18-20-28(21-19-27)23-8-4-3-5-9-23)22-10-12-24(13-11-22)33(31,32)29-15-6-1-2-7-16-29/h3-5,8-13H,1-2,6-7,14-21H2,(H,26,30). The SMILES string of the molecule is O=C(NCCN1CCN(c2ccccc2)CC1)c1ccc(S(=O)(=O)N2CCCCCC2)cc1. The van der Waals surface area contributed by atoms with Gasteiger partial charge in [0.15, 0.2) is 0 Å². The van der Waals surface area contributed by atoms with Crippen molar-refractivity contribution < 1.29 is 13.2 Å². The van der Waals surface area contributed by atoms with E-state index in [4.69, 9.17) is 0 Å². The van der Waals surface area contributed by atoms with Crippen molar-refractivity contribution in [2.75, 3.05) is 57.3 Å². The molecule has 0 spiro atoms. The van der Waals surface area contributed by atoms with Gasteiger partial charge in [-0.2, -0.15) is 4.31 Å². The van der Waals surface area contributed by atoms with Crippen molar-refractivity contribution in [3.8, 4) is 0 Å². The molecule has 4 rings (SSSR count). The molecule has 1 N–H and O–H groups in total. The second-order valence-corrected chi connectivity index (χ2v) is 10.7. The van der Waals surface area contributed by atoms with Gasteiger partial charge in [0.05, 0.1) is 4.90 Å². The Labute approximate surface area is 197 Å². The molecule has 2 aromatic carbocycles. The zero-order chi connectivity index (χ0) is 23.1. The van der Waals surface area contributed by atoms with Gasteiger partial charge >= 0.3 is 0 Å². The van der Waals surface area contributed by atoms with E-state index in [2.05, 4.69) is 39.4 Å². The molecule has 0 atom stereocenters. The Morgan fingerprint density at radius 3 is 2.06 bits per heavy atom. The minimum atomic E-state index is -3.49. The third-order valence-electron chi connectivity index (χ3n) is 6.53. The second kappa shape index (κ2) is 11.1. The number of piperazine rings is 1. The molecule has 0 saturated carbocycles. The molecule has 0 aromatic heterocycles. The number of carbonyl (C=O) groups excluding carboxylic acids is 1. The Kier molecular flexibility index (Phi) is 8.01. The first-order chi connectivity index (χ1) is 16.0. The van der Waals surface area contributed by atoms with Crippen LogP contribution in [0, 0.1) is 0 Å². The Hall–Kier alpha value is -2.42. The fraction of sp³-hybridized carbons (Fsp3) is 0.480. The fourth-order valence-corrected chi connectivity index (χ4v) is 6.02. The molecular weight excluding hydrogens is 436 g/mol. The Morgan fingerprint density at radius 1 is 0.788 bits per heavy atom. The molecular formula is C25H34N4O3S. The smallest absolute Gasteiger partial charge is 0.251 e. The molecule has 2 aliphatic heterocycles. The van der Waals surface area contributed by atoms with Crippen LogP contribution in [0.2, 0.25) is 0 Å². The van der Waals surface area contributed by atoms with Crippen LogP contribution in [-0.2, 0) is 10.0 Å². The third kappa shape index (κ3) is 6.13. The lowest BCUT2D eigenvalue weighted by Crippen LogP contribution is -2.48. The summed E-state index contributed by atoms with van der Waals surface area (Å²) in [5.41, 5.74) is 1.74. The summed E-state index contributed by atoms with van der Waals surface area (Å²) < 4.78 is 27.4. The quantitative estimate of drug-likeness (QED) is 0.674. The summed E-state index contributed by atoms with van der Waals surface area (Å²) in [6, 6.07) is 16.8. The molecule has 2 heterocycles. The van der Waals surface area contributed by atoms with Crippen molar-refractivity contribution in [3.63, 3.8) is 0 Å². The number of benzene rings is 2. The van der Waals surface area contributed by atoms with Crippen molar-refractivity contribution in [2.24, 2.45) is 0 Å². The van der Waals surface area contributed by atoms with Crippen molar-refractivity contribution >= 4 is 21.6 Å². The zero-order valence-electron chi connectivity index (χ0n) is 19.2. The summed E-state index contributed by atoms with van der Waals surface area (Å²) >= 11 is 0. The summed E-state index contributed by atoms with van der Waals surface area (Å²) in [7, 11) is -3.49. The predicted molar refractivity (Wildman–Crippen MR) is 131 cm³/mol. The highest BCUT2D eigenvalue weighted by Gasteiger charge is 2.25. The zero-order valence-corrected chi connectivity index (χ0v) is 20.0. The first kappa shape index (κ1) is 23.7. The van der Waals surface area contributed by atoms with E-state index in [-0.39, 0.29) is 10.8 Å². The van der Waals surface area contributed by atoms with Gasteiger partial charge in [-0.25, -0.2) is 8.42 Å². The van der Waals surface area contributed by atoms with Gasteiger partial charge in [-0.05, 0) is 49.2 Å². The fourth-order valence-electron chi connectivity index (χ4n) is 4.51. The lowest BCUT2D eigenvalue weighted by molar-refractivity contribution is 0.0947. The van der Waals surface area contributed by atoms with Gasteiger partial charge in [-0.1, -0.05) is 31.0 Å². The normalized spacial score (nSPS) is 18.6. The molecule has 2 aliphatic rings. The van der Waals surface area contributed by atoms with Crippen LogP contribution in [0.3, 0.4) is 0 Å². The molecule has 8 heteroatoms. The minimum absolute atomic E-state index is 0.170. The number of sulfonamides is 1. The maximum absolute atomic E-state index is 12.9. The number of anilines is 1. The van der Waals surface area contributed by atoms with Crippen LogP contribution in [-0.4, -0.2) is 75.9 Å². The summed E-state index contributed by atoms with van der Waals surface area (Å²) in [4.78, 5) is 17.5. The van der Waals surface area contributed by atoms with E-state index < -0.39 is 10.0 Å². The molecule has 2 aromatic rings. The van der Waals surface area contributed by atoms with E-state index in [9.17, 15) is 13.2 Å². The van der Waals surface area contributed by atoms with Gasteiger partial charge < -0.3 is 10.2 Å². The Bertz CT molecular complexity index is 996. The number of nitrogens with one attached hydrogen (secondary N) is 1. The molecule has 0 bridgehead atoms. The van der Waals surface area contributed by atoms with Crippen LogP contribution < -0.4 is 10.2 Å². The number of hydrogen-bond acceptors (Lipinski definition) is 5. The van der Waals surface area contributed by atoms with Gasteiger partial charge in [0.2, 0.25) is 10.0 Å². The van der Waals surface area contributed by atoms with Gasteiger partial charge in [0, 0.05) is 63.6 Å². The molecule has 2 fully saturated rings. The van der Waals surface area contributed by atoms with E-state index in [1.807, 2.05) is 6.07 Å². The van der Waals surface area contributed by atoms with Crippen molar-refractivity contribution in [2.45, 2.75) is 30.6 Å². The summed E-state index contributed by atoms with van der Waals surface area (Å²) in [6.45, 7) is 6.40. The molecule has 2 saturated heterocycles. The van der Waals surface area contributed by atoms with E-state index in [0.29, 0.717) is 25.2 Å². The third-order valence-corrected chi connectivity index (χ3v) is 8.44. The van der Waals surface area contributed by atoms with Gasteiger partial charge in [0.1, 0.15) is 0 Å². The lowest BCUT2D eigenvalue weighted by Gasteiger charge is -2.36. The van der Waals surface area contributed by atoms with E-state index in [1.54, 1.807) is 28.6 Å². The number of nitrogens with zero attached hydrogens (tertiary/aromatic N) is 3. The van der Waals surface area contributed by atoms with E-state index in [0.717, 1.165) is 58.4 Å². The summed E-state index contributed by atoms with van der Waals surface area (Å²) in [6.07, 6.45) is 3.96. The molecule has 0 unspecified atom stereocenters. The maximum atomic E-state index is 12.9. The van der Waals surface area contributed by atoms with Gasteiger partial charge in [-0.15, -0.1) is 0 Å². The van der Waals surface area contributed by atoms with E-state index in [1.165, 1.54) is 5.69 Å². The average molecular weight is 471 g/mol. The maximum Gasteiger partial charge on any atom is 0.251 e. The van der Waals surface area contributed by atoms with Gasteiger partial charge in [-0.3, -0.25) is 9.69 Å². The van der Waals surface area contributed by atoms with E-state index >= 15 is 0 Å². The first-order valence-corrected chi connectivity index (χ1v) is 13.4. The summed E-state index contributed by atoms with van der Waals surface area (Å²) in [5.74, 6) is -0.170. The minimum Gasteiger partial charge on any atom is -0.369 e. The van der Waals surface area contributed by atoms with Gasteiger partial charge in [0.25, 0.3) is 5.91 Å². The second-order valence-electron chi connectivity index (χ2n) is 8.76. The number of para-hydroxylation sites is 1. The van der Waals surface area contributed by atoms with Crippen LogP contribution >= 0.6 is 0 Å². The van der Waals surface area contributed by atoms with Crippen molar-refractivity contribution in [1.82, 2.24) is 14.5 Å². The molecule has 1 amide bonds. The van der Waals surface area contributed by atoms with Crippen LogP contribution in [0.1, 0.15) is 36.0 Å². The largest absolute Gasteiger partial charge is 0.369 e. The number of hydrogen-bond donors (Lipinski definition) is 1. The van der Waals surface area contributed by atoms with Crippen molar-refractivity contribution in [1.29, 1.82) is 0 Å².